The second kappa shape index (κ2) is 6.82. The fourth-order valence-corrected chi connectivity index (χ4v) is 3.82. The molecule has 0 radical (unpaired) electrons. The third-order valence-electron chi connectivity index (χ3n) is 6.45. The molecule has 3 aliphatic heterocycles. The lowest BCUT2D eigenvalue weighted by Crippen LogP contribution is -2.50. The van der Waals surface area contributed by atoms with Crippen LogP contribution in [0.3, 0.4) is 0 Å². The van der Waals surface area contributed by atoms with Crippen LogP contribution in [0.4, 0.5) is 5.69 Å². The van der Waals surface area contributed by atoms with Crippen LogP contribution in [0.5, 0.6) is 0 Å². The maximum atomic E-state index is 6.16. The second-order valence-electron chi connectivity index (χ2n) is 8.75. The Kier molecular flexibility index (Phi) is 4.80. The van der Waals surface area contributed by atoms with Crippen molar-refractivity contribution >= 4 is 18.3 Å². The lowest BCUT2D eigenvalue weighted by molar-refractivity contribution is -0.0625. The number of nitrogens with zero attached hydrogens (tertiary/aromatic N) is 2. The predicted molar refractivity (Wildman–Crippen MR) is 105 cm³/mol. The highest BCUT2D eigenvalue weighted by Gasteiger charge is 2.51. The van der Waals surface area contributed by atoms with Crippen molar-refractivity contribution in [2.24, 2.45) is 0 Å². The summed E-state index contributed by atoms with van der Waals surface area (Å²) in [7, 11) is -0.285. The molecule has 0 atom stereocenters. The highest BCUT2D eigenvalue weighted by molar-refractivity contribution is 6.62. The van der Waals surface area contributed by atoms with Crippen LogP contribution in [-0.4, -0.2) is 68.7 Å². The SMILES string of the molecule is CC1(C)OB(c2ccc(N3CCCN(C4COC4)CC3)cc2)OC1(C)C. The van der Waals surface area contributed by atoms with Crippen molar-refractivity contribution in [1.29, 1.82) is 0 Å². The third-order valence-corrected chi connectivity index (χ3v) is 6.45. The Morgan fingerprint density at radius 1 is 0.885 bits per heavy atom. The average Bonchev–Trinajstić information content (AvgIpc) is 2.70. The maximum absolute atomic E-state index is 6.16. The van der Waals surface area contributed by atoms with Crippen LogP contribution in [0.2, 0.25) is 0 Å². The number of ether oxygens (including phenoxy) is 1. The number of rotatable bonds is 3. The lowest BCUT2D eigenvalue weighted by atomic mass is 9.79. The Labute approximate surface area is 157 Å². The average molecular weight is 358 g/mol. The molecular weight excluding hydrogens is 327 g/mol. The zero-order valence-corrected chi connectivity index (χ0v) is 16.5. The molecular formula is C20H31BN2O3. The predicted octanol–water partition coefficient (Wildman–Crippen LogP) is 1.90. The molecule has 26 heavy (non-hydrogen) atoms. The van der Waals surface area contributed by atoms with E-state index in [1.54, 1.807) is 0 Å². The highest BCUT2D eigenvalue weighted by atomic mass is 16.7. The molecule has 0 aromatic heterocycles. The number of hydrogen-bond donors (Lipinski definition) is 0. The molecule has 3 aliphatic rings. The molecule has 3 saturated heterocycles. The molecule has 0 spiro atoms. The van der Waals surface area contributed by atoms with Crippen LogP contribution < -0.4 is 10.4 Å². The van der Waals surface area contributed by atoms with Crippen molar-refractivity contribution in [2.45, 2.75) is 51.4 Å². The molecule has 0 bridgehead atoms. The molecule has 3 heterocycles. The minimum atomic E-state index is -0.296. The van der Waals surface area contributed by atoms with Crippen molar-refractivity contribution in [2.75, 3.05) is 44.3 Å². The van der Waals surface area contributed by atoms with Crippen molar-refractivity contribution in [3.05, 3.63) is 24.3 Å². The van der Waals surface area contributed by atoms with Crippen LogP contribution in [0.15, 0.2) is 24.3 Å². The first-order chi connectivity index (χ1) is 12.4. The van der Waals surface area contributed by atoms with Crippen LogP contribution in [0.25, 0.3) is 0 Å². The molecule has 1 aromatic rings. The van der Waals surface area contributed by atoms with Gasteiger partial charge in [-0.15, -0.1) is 0 Å². The minimum Gasteiger partial charge on any atom is -0.399 e. The molecule has 6 heteroatoms. The van der Waals surface area contributed by atoms with Gasteiger partial charge < -0.3 is 18.9 Å². The van der Waals surface area contributed by atoms with Crippen LogP contribution in [0, 0.1) is 0 Å². The van der Waals surface area contributed by atoms with Gasteiger partial charge in [-0.25, -0.2) is 0 Å². The van der Waals surface area contributed by atoms with Gasteiger partial charge in [-0.1, -0.05) is 12.1 Å². The topological polar surface area (TPSA) is 34.2 Å². The molecule has 5 nitrogen and oxygen atoms in total. The van der Waals surface area contributed by atoms with E-state index in [0.717, 1.165) is 38.3 Å². The lowest BCUT2D eigenvalue weighted by Gasteiger charge is -2.36. The fourth-order valence-electron chi connectivity index (χ4n) is 3.82. The van der Waals surface area contributed by atoms with Gasteiger partial charge in [0, 0.05) is 31.9 Å². The van der Waals surface area contributed by atoms with Gasteiger partial charge in [0.1, 0.15) is 0 Å². The summed E-state index contributed by atoms with van der Waals surface area (Å²) in [5, 5.41) is 0. The first-order valence-electron chi connectivity index (χ1n) is 9.88. The minimum absolute atomic E-state index is 0.285. The summed E-state index contributed by atoms with van der Waals surface area (Å²) in [5.41, 5.74) is 1.79. The van der Waals surface area contributed by atoms with Crippen LogP contribution >= 0.6 is 0 Å². The zero-order valence-electron chi connectivity index (χ0n) is 16.5. The second-order valence-corrected chi connectivity index (χ2v) is 8.75. The van der Waals surface area contributed by atoms with E-state index in [1.807, 2.05) is 0 Å². The van der Waals surface area contributed by atoms with Gasteiger partial charge in [0.05, 0.1) is 30.5 Å². The largest absolute Gasteiger partial charge is 0.494 e. The molecule has 0 aliphatic carbocycles. The number of benzene rings is 1. The van der Waals surface area contributed by atoms with E-state index in [4.69, 9.17) is 14.0 Å². The Hall–Kier alpha value is -1.08. The smallest absolute Gasteiger partial charge is 0.399 e. The summed E-state index contributed by atoms with van der Waals surface area (Å²) < 4.78 is 17.7. The molecule has 1 aromatic carbocycles. The van der Waals surface area contributed by atoms with Crippen molar-refractivity contribution in [3.8, 4) is 0 Å². The molecule has 0 saturated carbocycles. The molecule has 4 rings (SSSR count). The molecule has 142 valence electrons. The standard InChI is InChI=1S/C20H31BN2O3/c1-19(2)20(3,4)26-21(25-19)16-6-8-17(9-7-16)22-10-5-11-23(13-12-22)18-14-24-15-18/h6-9,18H,5,10-15H2,1-4H3. The third kappa shape index (κ3) is 3.40. The van der Waals surface area contributed by atoms with E-state index in [9.17, 15) is 0 Å². The van der Waals surface area contributed by atoms with E-state index in [2.05, 4.69) is 61.8 Å². The van der Waals surface area contributed by atoms with Gasteiger partial charge >= 0.3 is 7.12 Å². The van der Waals surface area contributed by atoms with E-state index < -0.39 is 0 Å². The molecule has 3 fully saturated rings. The van der Waals surface area contributed by atoms with Crippen LogP contribution in [-0.2, 0) is 14.0 Å². The summed E-state index contributed by atoms with van der Waals surface area (Å²) in [5.74, 6) is 0. The van der Waals surface area contributed by atoms with E-state index in [0.29, 0.717) is 6.04 Å². The summed E-state index contributed by atoms with van der Waals surface area (Å²) in [4.78, 5) is 5.08. The quantitative estimate of drug-likeness (QED) is 0.771. The first-order valence-corrected chi connectivity index (χ1v) is 9.88. The molecule has 0 unspecified atom stereocenters. The van der Waals surface area contributed by atoms with E-state index in [1.165, 1.54) is 18.7 Å². The number of hydrogen-bond acceptors (Lipinski definition) is 5. The van der Waals surface area contributed by atoms with E-state index in [-0.39, 0.29) is 18.3 Å². The van der Waals surface area contributed by atoms with Gasteiger partial charge in [-0.2, -0.15) is 0 Å². The Balaban J connectivity index is 1.40. The summed E-state index contributed by atoms with van der Waals surface area (Å²) in [6.07, 6.45) is 1.20. The Bertz CT molecular complexity index is 614. The normalized spacial score (nSPS) is 26.6. The maximum Gasteiger partial charge on any atom is 0.494 e. The first kappa shape index (κ1) is 18.3. The van der Waals surface area contributed by atoms with Crippen molar-refractivity contribution in [3.63, 3.8) is 0 Å². The monoisotopic (exact) mass is 358 g/mol. The van der Waals surface area contributed by atoms with Gasteiger partial charge in [-0.05, 0) is 51.7 Å². The highest BCUT2D eigenvalue weighted by Crippen LogP contribution is 2.36. The number of anilines is 1. The van der Waals surface area contributed by atoms with Gasteiger partial charge in [0.15, 0.2) is 0 Å². The fraction of sp³-hybridized carbons (Fsp3) is 0.700. The molecule has 0 amide bonds. The van der Waals surface area contributed by atoms with Crippen molar-refractivity contribution in [1.82, 2.24) is 4.90 Å². The Morgan fingerprint density at radius 2 is 1.54 bits per heavy atom. The summed E-state index contributed by atoms with van der Waals surface area (Å²) in [6, 6.07) is 9.37. The summed E-state index contributed by atoms with van der Waals surface area (Å²) in [6.45, 7) is 14.7. The van der Waals surface area contributed by atoms with Gasteiger partial charge in [0.2, 0.25) is 0 Å². The van der Waals surface area contributed by atoms with E-state index >= 15 is 0 Å². The summed E-state index contributed by atoms with van der Waals surface area (Å²) >= 11 is 0. The molecule has 0 N–H and O–H groups in total. The van der Waals surface area contributed by atoms with Gasteiger partial charge in [-0.3, -0.25) is 4.90 Å². The van der Waals surface area contributed by atoms with Crippen molar-refractivity contribution < 1.29 is 14.0 Å². The van der Waals surface area contributed by atoms with Gasteiger partial charge in [0.25, 0.3) is 0 Å². The zero-order chi connectivity index (χ0) is 18.4. The van der Waals surface area contributed by atoms with Crippen LogP contribution in [0.1, 0.15) is 34.1 Å². The Morgan fingerprint density at radius 3 is 2.12 bits per heavy atom.